The molecule has 0 aliphatic heterocycles. The van der Waals surface area contributed by atoms with E-state index in [2.05, 4.69) is 46.6 Å². The van der Waals surface area contributed by atoms with E-state index in [4.69, 9.17) is 4.74 Å². The maximum Gasteiger partial charge on any atom is 0.191 e. The van der Waals surface area contributed by atoms with Gasteiger partial charge in [-0.3, -0.25) is 4.99 Å². The molecule has 2 unspecified atom stereocenters. The van der Waals surface area contributed by atoms with Gasteiger partial charge >= 0.3 is 0 Å². The highest BCUT2D eigenvalue weighted by Crippen LogP contribution is 2.51. The van der Waals surface area contributed by atoms with Crippen LogP contribution in [0.3, 0.4) is 0 Å². The van der Waals surface area contributed by atoms with Gasteiger partial charge in [-0.25, -0.2) is 0 Å². The molecule has 1 saturated carbocycles. The second-order valence-electron chi connectivity index (χ2n) is 6.96. The lowest BCUT2D eigenvalue weighted by Crippen LogP contribution is -2.69. The molecule has 7 heteroatoms. The molecule has 23 heavy (non-hydrogen) atoms. The van der Waals surface area contributed by atoms with Gasteiger partial charge in [0.05, 0.1) is 5.60 Å². The van der Waals surface area contributed by atoms with Crippen LogP contribution >= 0.6 is 0 Å². The number of nitrogens with one attached hydrogen (secondary N) is 2. The summed E-state index contributed by atoms with van der Waals surface area (Å²) in [5.41, 5.74) is 0.0101. The molecule has 1 aromatic heterocycles. The molecule has 1 aromatic rings. The van der Waals surface area contributed by atoms with E-state index in [1.165, 1.54) is 0 Å². The summed E-state index contributed by atoms with van der Waals surface area (Å²) in [4.78, 5) is 4.32. The van der Waals surface area contributed by atoms with Gasteiger partial charge in [-0.05, 0) is 26.2 Å². The summed E-state index contributed by atoms with van der Waals surface area (Å²) in [6, 6.07) is 0.371. The number of methoxy groups -OCH3 is 1. The monoisotopic (exact) mass is 322 g/mol. The van der Waals surface area contributed by atoms with Crippen LogP contribution in [0.1, 0.15) is 40.0 Å². The van der Waals surface area contributed by atoms with Gasteiger partial charge in [0.25, 0.3) is 0 Å². The third-order valence-electron chi connectivity index (χ3n) is 5.41. The first kappa shape index (κ1) is 17.7. The lowest BCUT2D eigenvalue weighted by Gasteiger charge is -2.59. The van der Waals surface area contributed by atoms with E-state index in [1.54, 1.807) is 19.8 Å². The van der Waals surface area contributed by atoms with Crippen molar-refractivity contribution in [2.24, 2.45) is 10.4 Å². The van der Waals surface area contributed by atoms with Crippen molar-refractivity contribution in [3.8, 4) is 0 Å². The van der Waals surface area contributed by atoms with Gasteiger partial charge in [-0.15, -0.1) is 10.2 Å². The van der Waals surface area contributed by atoms with E-state index < -0.39 is 0 Å². The number of aromatic nitrogens is 3. The van der Waals surface area contributed by atoms with E-state index in [-0.39, 0.29) is 11.0 Å². The Morgan fingerprint density at radius 3 is 2.57 bits per heavy atom. The SMILES string of the molecule is CN=C(NCCCCn1cnnc1)NC1CC(C)(OC)C1(C)C. The molecule has 0 radical (unpaired) electrons. The maximum atomic E-state index is 5.67. The van der Waals surface area contributed by atoms with Crippen LogP contribution in [0.15, 0.2) is 17.6 Å². The smallest absolute Gasteiger partial charge is 0.191 e. The average Bonchev–Trinajstić information content (AvgIpc) is 3.05. The zero-order valence-corrected chi connectivity index (χ0v) is 15.0. The summed E-state index contributed by atoms with van der Waals surface area (Å²) in [6.07, 6.45) is 6.64. The number of guanidine groups is 1. The van der Waals surface area contributed by atoms with E-state index in [0.29, 0.717) is 6.04 Å². The first-order valence-electron chi connectivity index (χ1n) is 8.27. The fourth-order valence-electron chi connectivity index (χ4n) is 3.05. The first-order valence-corrected chi connectivity index (χ1v) is 8.27. The van der Waals surface area contributed by atoms with Gasteiger partial charge in [-0.2, -0.15) is 0 Å². The van der Waals surface area contributed by atoms with Crippen molar-refractivity contribution in [2.75, 3.05) is 20.7 Å². The van der Waals surface area contributed by atoms with E-state index in [9.17, 15) is 0 Å². The Labute approximate surface area is 138 Å². The zero-order chi connectivity index (χ0) is 16.9. The van der Waals surface area contributed by atoms with Crippen LogP contribution in [-0.4, -0.2) is 53.1 Å². The van der Waals surface area contributed by atoms with Crippen molar-refractivity contribution in [3.63, 3.8) is 0 Å². The lowest BCUT2D eigenvalue weighted by atomic mass is 9.56. The third kappa shape index (κ3) is 3.83. The second kappa shape index (κ2) is 7.29. The number of aryl methyl sites for hydroxylation is 1. The first-order chi connectivity index (χ1) is 10.9. The van der Waals surface area contributed by atoms with Crippen molar-refractivity contribution in [2.45, 2.75) is 58.2 Å². The molecule has 0 amide bonds. The van der Waals surface area contributed by atoms with Crippen LogP contribution in [0.4, 0.5) is 0 Å². The van der Waals surface area contributed by atoms with E-state index in [0.717, 1.165) is 38.3 Å². The minimum atomic E-state index is -0.0671. The van der Waals surface area contributed by atoms with Gasteiger partial charge in [0, 0.05) is 38.7 Å². The Balaban J connectivity index is 1.68. The van der Waals surface area contributed by atoms with Crippen LogP contribution in [-0.2, 0) is 11.3 Å². The summed E-state index contributed by atoms with van der Waals surface area (Å²) in [6.45, 7) is 8.50. The fraction of sp³-hybridized carbons (Fsp3) is 0.812. The molecule has 0 aromatic carbocycles. The molecule has 0 bridgehead atoms. The van der Waals surface area contributed by atoms with Crippen molar-refractivity contribution in [1.29, 1.82) is 0 Å². The lowest BCUT2D eigenvalue weighted by molar-refractivity contribution is -0.176. The summed E-state index contributed by atoms with van der Waals surface area (Å²) >= 11 is 0. The Kier molecular flexibility index (Phi) is 5.62. The number of aliphatic imine (C=N–C) groups is 1. The Morgan fingerprint density at radius 1 is 1.30 bits per heavy atom. The molecule has 0 spiro atoms. The van der Waals surface area contributed by atoms with E-state index >= 15 is 0 Å². The molecule has 0 saturated heterocycles. The normalized spacial score (nSPS) is 26.7. The maximum absolute atomic E-state index is 5.67. The Morgan fingerprint density at radius 2 is 2.00 bits per heavy atom. The molecular weight excluding hydrogens is 292 g/mol. The number of hydrogen-bond acceptors (Lipinski definition) is 4. The molecule has 2 N–H and O–H groups in total. The van der Waals surface area contributed by atoms with Crippen molar-refractivity contribution >= 4 is 5.96 Å². The Bertz CT molecular complexity index is 513. The average molecular weight is 322 g/mol. The molecule has 1 aliphatic carbocycles. The van der Waals surface area contributed by atoms with Crippen LogP contribution in [0.2, 0.25) is 0 Å². The largest absolute Gasteiger partial charge is 0.378 e. The zero-order valence-electron chi connectivity index (χ0n) is 15.0. The Hall–Kier alpha value is -1.63. The third-order valence-corrected chi connectivity index (χ3v) is 5.41. The van der Waals surface area contributed by atoms with Crippen molar-refractivity contribution in [3.05, 3.63) is 12.7 Å². The minimum Gasteiger partial charge on any atom is -0.378 e. The summed E-state index contributed by atoms with van der Waals surface area (Å²) in [5.74, 6) is 0.866. The van der Waals surface area contributed by atoms with Gasteiger partial charge in [0.1, 0.15) is 12.7 Å². The van der Waals surface area contributed by atoms with Crippen LogP contribution in [0, 0.1) is 5.41 Å². The highest BCUT2D eigenvalue weighted by molar-refractivity contribution is 5.80. The number of rotatable bonds is 7. The summed E-state index contributed by atoms with van der Waals surface area (Å²) < 4.78 is 7.67. The number of nitrogens with zero attached hydrogens (tertiary/aromatic N) is 4. The van der Waals surface area contributed by atoms with Crippen LogP contribution in [0.25, 0.3) is 0 Å². The molecule has 1 aliphatic rings. The topological polar surface area (TPSA) is 76.4 Å². The standard InChI is InChI=1S/C16H30N6O/c1-15(2)13(10-16(15,3)23-5)21-14(17-4)18-8-6-7-9-22-11-19-20-12-22/h11-13H,6-10H2,1-5H3,(H2,17,18,21). The number of unbranched alkanes of at least 4 members (excludes halogenated alkanes) is 1. The molecule has 2 atom stereocenters. The van der Waals surface area contributed by atoms with Gasteiger partial charge in [0.2, 0.25) is 0 Å². The molecule has 130 valence electrons. The number of hydrogen-bond donors (Lipinski definition) is 2. The van der Waals surface area contributed by atoms with Crippen LogP contribution < -0.4 is 10.6 Å². The van der Waals surface area contributed by atoms with Gasteiger partial charge in [0.15, 0.2) is 5.96 Å². The predicted octanol–water partition coefficient (Wildman–Crippen LogP) is 1.43. The van der Waals surface area contributed by atoms with E-state index in [1.807, 2.05) is 11.6 Å². The molecule has 1 fully saturated rings. The van der Waals surface area contributed by atoms with Gasteiger partial charge in [-0.1, -0.05) is 13.8 Å². The summed E-state index contributed by atoms with van der Waals surface area (Å²) in [7, 11) is 3.61. The number of ether oxygens (including phenoxy) is 1. The molecule has 2 rings (SSSR count). The fourth-order valence-corrected chi connectivity index (χ4v) is 3.05. The highest BCUT2D eigenvalue weighted by Gasteiger charge is 2.57. The molecular formula is C16H30N6O. The predicted molar refractivity (Wildman–Crippen MR) is 91.4 cm³/mol. The highest BCUT2D eigenvalue weighted by atomic mass is 16.5. The van der Waals surface area contributed by atoms with Crippen molar-refractivity contribution in [1.82, 2.24) is 25.4 Å². The van der Waals surface area contributed by atoms with Crippen molar-refractivity contribution < 1.29 is 4.74 Å². The van der Waals surface area contributed by atoms with Gasteiger partial charge < -0.3 is 19.9 Å². The minimum absolute atomic E-state index is 0.0671. The molecule has 7 nitrogen and oxygen atoms in total. The van der Waals surface area contributed by atoms with Crippen LogP contribution in [0.5, 0.6) is 0 Å². The second-order valence-corrected chi connectivity index (χ2v) is 6.96. The quantitative estimate of drug-likeness (QED) is 0.451. The summed E-state index contributed by atoms with van der Waals surface area (Å²) in [5, 5.41) is 14.5. The molecule has 1 heterocycles.